The zero-order chi connectivity index (χ0) is 12.5. The molecule has 0 aliphatic heterocycles. The second-order valence-electron chi connectivity index (χ2n) is 5.34. The molecular formula is C15H17NO2. The largest absolute Gasteiger partial charge is 0.497 e. The van der Waals surface area contributed by atoms with Gasteiger partial charge < -0.3 is 9.47 Å². The van der Waals surface area contributed by atoms with Gasteiger partial charge in [-0.3, -0.25) is 0 Å². The fourth-order valence-corrected chi connectivity index (χ4v) is 3.33. The highest BCUT2D eigenvalue weighted by Gasteiger charge is 2.40. The van der Waals surface area contributed by atoms with Gasteiger partial charge in [-0.1, -0.05) is 0 Å². The fraction of sp³-hybridized carbons (Fsp3) is 0.533. The van der Waals surface area contributed by atoms with Gasteiger partial charge in [-0.25, -0.2) is 0 Å². The van der Waals surface area contributed by atoms with E-state index in [1.165, 1.54) is 25.7 Å². The first-order valence-corrected chi connectivity index (χ1v) is 6.54. The lowest BCUT2D eigenvalue weighted by molar-refractivity contribution is 0.138. The minimum Gasteiger partial charge on any atom is -0.497 e. The third-order valence-electron chi connectivity index (χ3n) is 4.21. The summed E-state index contributed by atoms with van der Waals surface area (Å²) in [6.07, 6.45) is 5.49. The van der Waals surface area contributed by atoms with Gasteiger partial charge in [-0.2, -0.15) is 5.26 Å². The van der Waals surface area contributed by atoms with Crippen LogP contribution in [0.5, 0.6) is 11.5 Å². The maximum Gasteiger partial charge on any atom is 0.124 e. The number of fused-ring (bicyclic) bond motifs is 2. The summed E-state index contributed by atoms with van der Waals surface area (Å²) in [6, 6.07) is 7.54. The molecule has 0 amide bonds. The van der Waals surface area contributed by atoms with Crippen molar-refractivity contribution >= 4 is 0 Å². The molecule has 0 radical (unpaired) electrons. The molecule has 2 aliphatic rings. The van der Waals surface area contributed by atoms with Crippen LogP contribution in [0.3, 0.4) is 0 Å². The quantitative estimate of drug-likeness (QED) is 0.819. The molecule has 3 atom stereocenters. The van der Waals surface area contributed by atoms with Crippen LogP contribution in [0.2, 0.25) is 0 Å². The van der Waals surface area contributed by atoms with Gasteiger partial charge in [-0.15, -0.1) is 0 Å². The molecule has 2 fully saturated rings. The Morgan fingerprint density at radius 3 is 2.61 bits per heavy atom. The summed E-state index contributed by atoms with van der Waals surface area (Å²) >= 11 is 0. The van der Waals surface area contributed by atoms with Crippen LogP contribution in [-0.2, 0) is 0 Å². The van der Waals surface area contributed by atoms with Crippen molar-refractivity contribution in [3.8, 4) is 17.6 Å². The first kappa shape index (κ1) is 11.4. The number of methoxy groups -OCH3 is 1. The minimum atomic E-state index is 0.336. The number of ether oxygens (including phenoxy) is 2. The van der Waals surface area contributed by atoms with E-state index in [9.17, 15) is 0 Å². The molecule has 1 aromatic carbocycles. The van der Waals surface area contributed by atoms with Crippen LogP contribution in [-0.4, -0.2) is 13.2 Å². The lowest BCUT2D eigenvalue weighted by atomic mass is 9.98. The summed E-state index contributed by atoms with van der Waals surface area (Å²) in [4.78, 5) is 0. The topological polar surface area (TPSA) is 42.2 Å². The van der Waals surface area contributed by atoms with Crippen LogP contribution in [0, 0.1) is 23.2 Å². The summed E-state index contributed by atoms with van der Waals surface area (Å²) in [5.74, 6) is 3.03. The number of hydrogen-bond acceptors (Lipinski definition) is 3. The Hall–Kier alpha value is -1.69. The number of rotatable bonds is 3. The zero-order valence-corrected chi connectivity index (χ0v) is 10.6. The molecule has 3 nitrogen and oxygen atoms in total. The van der Waals surface area contributed by atoms with E-state index in [4.69, 9.17) is 14.7 Å². The van der Waals surface area contributed by atoms with Crippen LogP contribution in [0.25, 0.3) is 0 Å². The van der Waals surface area contributed by atoms with Crippen molar-refractivity contribution < 1.29 is 9.47 Å². The van der Waals surface area contributed by atoms with Crippen molar-refractivity contribution in [1.29, 1.82) is 5.26 Å². The first-order valence-electron chi connectivity index (χ1n) is 6.54. The maximum absolute atomic E-state index is 8.99. The smallest absolute Gasteiger partial charge is 0.124 e. The molecule has 0 spiro atoms. The van der Waals surface area contributed by atoms with Gasteiger partial charge in [0.25, 0.3) is 0 Å². The molecule has 0 N–H and O–H groups in total. The van der Waals surface area contributed by atoms with Gasteiger partial charge >= 0.3 is 0 Å². The van der Waals surface area contributed by atoms with Gasteiger partial charge in [0.05, 0.1) is 18.7 Å². The molecule has 3 unspecified atom stereocenters. The maximum atomic E-state index is 8.99. The Kier molecular flexibility index (Phi) is 2.87. The standard InChI is InChI=1S/C15H17NO2/c1-17-13-5-11(9-16)6-14(8-13)18-15-7-10-2-3-12(15)4-10/h5-6,8,10,12,15H,2-4,7H2,1H3. The van der Waals surface area contributed by atoms with E-state index in [0.717, 1.165) is 11.7 Å². The monoisotopic (exact) mass is 243 g/mol. The molecule has 0 heterocycles. The number of hydrogen-bond donors (Lipinski definition) is 0. The predicted octanol–water partition coefficient (Wildman–Crippen LogP) is 3.13. The highest BCUT2D eigenvalue weighted by atomic mass is 16.5. The molecule has 1 aromatic rings. The number of nitriles is 1. The van der Waals surface area contributed by atoms with Gasteiger partial charge in [0.2, 0.25) is 0 Å². The van der Waals surface area contributed by atoms with E-state index in [2.05, 4.69) is 6.07 Å². The lowest BCUT2D eigenvalue weighted by Crippen LogP contribution is -2.23. The fourth-order valence-electron chi connectivity index (χ4n) is 3.33. The van der Waals surface area contributed by atoms with E-state index in [1.807, 2.05) is 6.07 Å². The van der Waals surface area contributed by atoms with Crippen molar-refractivity contribution in [2.24, 2.45) is 11.8 Å². The van der Waals surface area contributed by atoms with Crippen molar-refractivity contribution in [3.63, 3.8) is 0 Å². The summed E-state index contributed by atoms with van der Waals surface area (Å²) < 4.78 is 11.3. The molecule has 0 saturated heterocycles. The highest BCUT2D eigenvalue weighted by molar-refractivity contribution is 5.44. The molecule has 2 aliphatic carbocycles. The predicted molar refractivity (Wildman–Crippen MR) is 67.6 cm³/mol. The Morgan fingerprint density at radius 2 is 2.00 bits per heavy atom. The molecule has 2 saturated carbocycles. The van der Waals surface area contributed by atoms with E-state index in [1.54, 1.807) is 19.2 Å². The van der Waals surface area contributed by atoms with E-state index < -0.39 is 0 Å². The van der Waals surface area contributed by atoms with Crippen LogP contribution in [0.4, 0.5) is 0 Å². The Morgan fingerprint density at radius 1 is 1.17 bits per heavy atom. The van der Waals surface area contributed by atoms with Crippen LogP contribution < -0.4 is 9.47 Å². The first-order chi connectivity index (χ1) is 8.78. The average molecular weight is 243 g/mol. The zero-order valence-electron chi connectivity index (χ0n) is 10.6. The van der Waals surface area contributed by atoms with Gasteiger partial charge in [0.1, 0.15) is 17.6 Å². The van der Waals surface area contributed by atoms with E-state index in [-0.39, 0.29) is 0 Å². The van der Waals surface area contributed by atoms with E-state index in [0.29, 0.717) is 23.3 Å². The average Bonchev–Trinajstić information content (AvgIpc) is 3.00. The third-order valence-corrected chi connectivity index (χ3v) is 4.21. The van der Waals surface area contributed by atoms with Crippen molar-refractivity contribution in [2.75, 3.05) is 7.11 Å². The number of nitrogens with zero attached hydrogens (tertiary/aromatic N) is 1. The number of benzene rings is 1. The van der Waals surface area contributed by atoms with Gasteiger partial charge in [0, 0.05) is 6.07 Å². The molecule has 18 heavy (non-hydrogen) atoms. The summed E-state index contributed by atoms with van der Waals surface area (Å²) in [6.45, 7) is 0. The second kappa shape index (κ2) is 4.53. The molecular weight excluding hydrogens is 226 g/mol. The SMILES string of the molecule is COc1cc(C#N)cc(OC2CC3CCC2C3)c1. The van der Waals surface area contributed by atoms with Crippen LogP contribution in [0.1, 0.15) is 31.2 Å². The Labute approximate surface area is 107 Å². The van der Waals surface area contributed by atoms with Crippen molar-refractivity contribution in [3.05, 3.63) is 23.8 Å². The minimum absolute atomic E-state index is 0.336. The van der Waals surface area contributed by atoms with Crippen LogP contribution in [0.15, 0.2) is 18.2 Å². The molecule has 3 heteroatoms. The van der Waals surface area contributed by atoms with Crippen molar-refractivity contribution in [1.82, 2.24) is 0 Å². The summed E-state index contributed by atoms with van der Waals surface area (Å²) in [7, 11) is 1.61. The Balaban J connectivity index is 1.78. The van der Waals surface area contributed by atoms with Gasteiger partial charge in [0.15, 0.2) is 0 Å². The molecule has 94 valence electrons. The molecule has 0 aromatic heterocycles. The third kappa shape index (κ3) is 2.03. The van der Waals surface area contributed by atoms with Crippen molar-refractivity contribution in [2.45, 2.75) is 31.8 Å². The van der Waals surface area contributed by atoms with Gasteiger partial charge in [-0.05, 0) is 49.7 Å². The lowest BCUT2D eigenvalue weighted by Gasteiger charge is -2.23. The normalized spacial score (nSPS) is 29.0. The molecule has 2 bridgehead atoms. The summed E-state index contributed by atoms with van der Waals surface area (Å²) in [5.41, 5.74) is 0.590. The summed E-state index contributed by atoms with van der Waals surface area (Å²) in [5, 5.41) is 8.99. The van der Waals surface area contributed by atoms with Crippen LogP contribution >= 0.6 is 0 Å². The van der Waals surface area contributed by atoms with E-state index >= 15 is 0 Å². The Bertz CT molecular complexity index is 492. The molecule has 3 rings (SSSR count). The highest BCUT2D eigenvalue weighted by Crippen LogP contribution is 2.46. The second-order valence-corrected chi connectivity index (χ2v) is 5.34.